The molecule has 1 aliphatic rings. The van der Waals surface area contributed by atoms with Crippen molar-refractivity contribution in [1.29, 1.82) is 0 Å². The van der Waals surface area contributed by atoms with E-state index in [0.717, 1.165) is 0 Å². The van der Waals surface area contributed by atoms with Crippen LogP contribution in [0.4, 0.5) is 4.79 Å². The lowest BCUT2D eigenvalue weighted by molar-refractivity contribution is -0.141. The Kier molecular flexibility index (Phi) is 4.83. The highest BCUT2D eigenvalue weighted by atomic mass is 32.2. The Morgan fingerprint density at radius 3 is 3.05 bits per heavy atom. The van der Waals surface area contributed by atoms with Gasteiger partial charge >= 0.3 is 12.0 Å². The minimum atomic E-state index is -0.971. The second-order valence-electron chi connectivity index (χ2n) is 4.29. The van der Waals surface area contributed by atoms with Gasteiger partial charge in [-0.05, 0) is 6.42 Å². The molecule has 0 aromatic carbocycles. The van der Waals surface area contributed by atoms with Crippen molar-refractivity contribution in [2.24, 2.45) is 0 Å². The Hall–Kier alpha value is -1.77. The Balaban J connectivity index is 1.90. The normalized spacial score (nSPS) is 21.9. The highest BCUT2D eigenvalue weighted by Crippen LogP contribution is 2.31. The van der Waals surface area contributed by atoms with Crippen molar-refractivity contribution in [2.45, 2.75) is 31.2 Å². The molecule has 0 bridgehead atoms. The molecule has 1 fully saturated rings. The predicted molar refractivity (Wildman–Crippen MR) is 71.2 cm³/mol. The number of hydrogen-bond donors (Lipinski definition) is 2. The molecule has 2 unspecified atom stereocenters. The molecule has 0 aliphatic carbocycles. The van der Waals surface area contributed by atoms with Gasteiger partial charge in [0.1, 0.15) is 6.04 Å². The van der Waals surface area contributed by atoms with Crippen LogP contribution in [-0.4, -0.2) is 55.9 Å². The number of aromatic nitrogens is 2. The average Bonchev–Trinajstić information content (AvgIpc) is 3.07. The number of nitrogens with zero attached hydrogens (tertiary/aromatic N) is 3. The number of carbonyl (C=O) groups is 2. The maximum atomic E-state index is 12.1. The molecule has 1 aromatic rings. The lowest BCUT2D eigenvalue weighted by atomic mass is 10.3. The third-order valence-electron chi connectivity index (χ3n) is 2.99. The van der Waals surface area contributed by atoms with Gasteiger partial charge in [-0.1, -0.05) is 12.1 Å². The molecule has 2 N–H and O–H groups in total. The quantitative estimate of drug-likeness (QED) is 0.817. The first-order valence-electron chi connectivity index (χ1n) is 6.29. The third-order valence-corrected chi connectivity index (χ3v) is 4.45. The number of thioether (sulfide) groups is 1. The van der Waals surface area contributed by atoms with Crippen molar-refractivity contribution in [1.82, 2.24) is 20.4 Å². The van der Waals surface area contributed by atoms with Crippen molar-refractivity contribution in [2.75, 3.05) is 12.3 Å². The first-order valence-corrected chi connectivity index (χ1v) is 7.34. The Bertz CT molecular complexity index is 467. The van der Waals surface area contributed by atoms with Gasteiger partial charge in [-0.25, -0.2) is 9.59 Å². The second kappa shape index (κ2) is 6.60. The van der Waals surface area contributed by atoms with Gasteiger partial charge in [0.15, 0.2) is 5.82 Å². The summed E-state index contributed by atoms with van der Waals surface area (Å²) < 4.78 is 4.59. The average molecular weight is 300 g/mol. The lowest BCUT2D eigenvalue weighted by Crippen LogP contribution is -2.50. The number of rotatable bonds is 5. The number of carbonyl (C=O) groups excluding carboxylic acids is 1. The van der Waals surface area contributed by atoms with E-state index in [1.165, 1.54) is 23.1 Å². The molecular formula is C11H16N4O4S. The van der Waals surface area contributed by atoms with Gasteiger partial charge in [-0.15, -0.1) is 11.8 Å². The van der Waals surface area contributed by atoms with E-state index >= 15 is 0 Å². The zero-order valence-electron chi connectivity index (χ0n) is 11.0. The zero-order valence-corrected chi connectivity index (χ0v) is 11.8. The standard InChI is InChI=1S/C11H16N4O4S/c1-2-9-15(7(5-20-9)10(16)17)11(18)12-4-3-8-13-6-19-14-8/h6-7,9H,2-5H2,1H3,(H,12,18)(H,16,17). The van der Waals surface area contributed by atoms with Crippen LogP contribution in [-0.2, 0) is 11.2 Å². The molecule has 110 valence electrons. The summed E-state index contributed by atoms with van der Waals surface area (Å²) in [6.07, 6.45) is 2.38. The van der Waals surface area contributed by atoms with Crippen LogP contribution >= 0.6 is 11.8 Å². The fourth-order valence-electron chi connectivity index (χ4n) is 2.02. The van der Waals surface area contributed by atoms with Gasteiger partial charge < -0.3 is 14.9 Å². The SMILES string of the molecule is CCC1SCC(C(=O)O)N1C(=O)NCCc1ncon1. The fraction of sp³-hybridized carbons (Fsp3) is 0.636. The van der Waals surface area contributed by atoms with E-state index < -0.39 is 12.0 Å². The van der Waals surface area contributed by atoms with Crippen LogP contribution in [0.5, 0.6) is 0 Å². The number of urea groups is 1. The molecule has 0 spiro atoms. The van der Waals surface area contributed by atoms with Crippen LogP contribution in [0.1, 0.15) is 19.2 Å². The summed E-state index contributed by atoms with van der Waals surface area (Å²) in [5.74, 6) is -0.0452. The van der Waals surface area contributed by atoms with Crippen LogP contribution in [0.15, 0.2) is 10.9 Å². The molecule has 1 saturated heterocycles. The molecule has 2 rings (SSSR count). The molecule has 2 atom stereocenters. The van der Waals surface area contributed by atoms with Gasteiger partial charge in [-0.2, -0.15) is 4.98 Å². The van der Waals surface area contributed by atoms with Crippen LogP contribution < -0.4 is 5.32 Å². The highest BCUT2D eigenvalue weighted by Gasteiger charge is 2.40. The van der Waals surface area contributed by atoms with E-state index in [9.17, 15) is 9.59 Å². The first kappa shape index (κ1) is 14.6. The molecule has 0 radical (unpaired) electrons. The number of carboxylic acid groups (broad SMARTS) is 1. The van der Waals surface area contributed by atoms with Crippen LogP contribution in [0.2, 0.25) is 0 Å². The van der Waals surface area contributed by atoms with Gasteiger partial charge in [0.05, 0.1) is 5.37 Å². The zero-order chi connectivity index (χ0) is 14.5. The summed E-state index contributed by atoms with van der Waals surface area (Å²) >= 11 is 1.49. The van der Waals surface area contributed by atoms with E-state index in [1.54, 1.807) is 0 Å². The van der Waals surface area contributed by atoms with Gasteiger partial charge in [-0.3, -0.25) is 4.90 Å². The van der Waals surface area contributed by atoms with Crippen molar-refractivity contribution >= 4 is 23.8 Å². The molecule has 1 aliphatic heterocycles. The lowest BCUT2D eigenvalue weighted by Gasteiger charge is -2.26. The van der Waals surface area contributed by atoms with Crippen molar-refractivity contribution in [3.05, 3.63) is 12.2 Å². The number of carboxylic acids is 1. The van der Waals surface area contributed by atoms with Crippen LogP contribution in [0.25, 0.3) is 0 Å². The van der Waals surface area contributed by atoms with Crippen LogP contribution in [0.3, 0.4) is 0 Å². The van der Waals surface area contributed by atoms with Gasteiger partial charge in [0, 0.05) is 18.7 Å². The van der Waals surface area contributed by atoms with E-state index in [0.29, 0.717) is 31.0 Å². The molecular weight excluding hydrogens is 284 g/mol. The van der Waals surface area contributed by atoms with E-state index in [1.807, 2.05) is 6.92 Å². The topological polar surface area (TPSA) is 109 Å². The molecule has 9 heteroatoms. The summed E-state index contributed by atoms with van der Waals surface area (Å²) in [7, 11) is 0. The van der Waals surface area contributed by atoms with Crippen molar-refractivity contribution in [3.63, 3.8) is 0 Å². The maximum absolute atomic E-state index is 12.1. The van der Waals surface area contributed by atoms with Gasteiger partial charge in [0.2, 0.25) is 6.39 Å². The molecule has 2 amide bonds. The highest BCUT2D eigenvalue weighted by molar-refractivity contribution is 8.00. The maximum Gasteiger partial charge on any atom is 0.327 e. The number of amides is 2. The summed E-state index contributed by atoms with van der Waals surface area (Å²) in [5.41, 5.74) is 0. The molecule has 2 heterocycles. The number of hydrogen-bond acceptors (Lipinski definition) is 6. The van der Waals surface area contributed by atoms with Gasteiger partial charge in [0.25, 0.3) is 0 Å². The molecule has 1 aromatic heterocycles. The predicted octanol–water partition coefficient (Wildman–Crippen LogP) is 0.560. The molecule has 8 nitrogen and oxygen atoms in total. The van der Waals surface area contributed by atoms with Crippen molar-refractivity contribution < 1.29 is 19.2 Å². The fourth-order valence-corrected chi connectivity index (χ4v) is 3.36. The van der Waals surface area contributed by atoms with E-state index in [4.69, 9.17) is 5.11 Å². The first-order chi connectivity index (χ1) is 9.63. The third kappa shape index (κ3) is 3.21. The summed E-state index contributed by atoms with van der Waals surface area (Å²) in [5, 5.41) is 15.4. The number of nitrogens with one attached hydrogen (secondary N) is 1. The van der Waals surface area contributed by atoms with E-state index in [-0.39, 0.29) is 11.4 Å². The van der Waals surface area contributed by atoms with Crippen molar-refractivity contribution in [3.8, 4) is 0 Å². The summed E-state index contributed by atoms with van der Waals surface area (Å²) in [6.45, 7) is 2.27. The Morgan fingerprint density at radius 1 is 1.65 bits per heavy atom. The van der Waals surface area contributed by atoms with E-state index in [2.05, 4.69) is 20.0 Å². The monoisotopic (exact) mass is 300 g/mol. The smallest absolute Gasteiger partial charge is 0.327 e. The number of aliphatic carboxylic acids is 1. The minimum Gasteiger partial charge on any atom is -0.480 e. The Morgan fingerprint density at radius 2 is 2.45 bits per heavy atom. The summed E-state index contributed by atoms with van der Waals surface area (Å²) in [4.78, 5) is 28.6. The summed E-state index contributed by atoms with van der Waals surface area (Å²) in [6, 6.07) is -1.13. The van der Waals surface area contributed by atoms with Crippen LogP contribution in [0, 0.1) is 0 Å². The second-order valence-corrected chi connectivity index (χ2v) is 5.50. The molecule has 0 saturated carbocycles. The molecule has 20 heavy (non-hydrogen) atoms. The largest absolute Gasteiger partial charge is 0.480 e. The Labute approximate surface area is 119 Å². The minimum absolute atomic E-state index is 0.0960.